The van der Waals surface area contributed by atoms with Crippen LogP contribution in [0, 0.1) is 0 Å². The molecule has 1 saturated heterocycles. The Labute approximate surface area is 109 Å². The van der Waals surface area contributed by atoms with Gasteiger partial charge in [-0.2, -0.15) is 0 Å². The van der Waals surface area contributed by atoms with Crippen molar-refractivity contribution >= 4 is 11.8 Å². The zero-order valence-corrected chi connectivity index (χ0v) is 11.4. The van der Waals surface area contributed by atoms with Gasteiger partial charge in [0, 0.05) is 38.0 Å². The lowest BCUT2D eigenvalue weighted by Gasteiger charge is -2.33. The van der Waals surface area contributed by atoms with Gasteiger partial charge in [0.15, 0.2) is 0 Å². The van der Waals surface area contributed by atoms with Gasteiger partial charge in [-0.05, 0) is 19.3 Å². The molecule has 3 N–H and O–H groups in total. The summed E-state index contributed by atoms with van der Waals surface area (Å²) in [5, 5.41) is 2.98. The summed E-state index contributed by atoms with van der Waals surface area (Å²) in [5.74, 6) is 0.234. The van der Waals surface area contributed by atoms with Crippen molar-refractivity contribution in [3.8, 4) is 0 Å². The zero-order valence-electron chi connectivity index (χ0n) is 11.4. The first kappa shape index (κ1) is 15.0. The Hall–Kier alpha value is -1.10. The van der Waals surface area contributed by atoms with Crippen LogP contribution in [0.4, 0.5) is 0 Å². The number of hydrogen-bond donors (Lipinski definition) is 2. The molecule has 0 bridgehead atoms. The minimum Gasteiger partial charge on any atom is -0.353 e. The first-order chi connectivity index (χ1) is 8.56. The van der Waals surface area contributed by atoms with Gasteiger partial charge in [-0.15, -0.1) is 0 Å². The van der Waals surface area contributed by atoms with Crippen LogP contribution in [0.1, 0.15) is 46.0 Å². The number of piperidine rings is 1. The van der Waals surface area contributed by atoms with Gasteiger partial charge < -0.3 is 16.0 Å². The monoisotopic (exact) mass is 255 g/mol. The molecule has 0 aromatic carbocycles. The Bertz CT molecular complexity index is 286. The standard InChI is InChI=1S/C13H25N3O2/c1-3-10(14)9-13(18)16-7-5-11(6-8-16)15-12(17)4-2/h10-11H,3-9,14H2,1-2H3,(H,15,17). The summed E-state index contributed by atoms with van der Waals surface area (Å²) in [5.41, 5.74) is 5.79. The first-order valence-electron chi connectivity index (χ1n) is 6.89. The maximum absolute atomic E-state index is 11.9. The van der Waals surface area contributed by atoms with Gasteiger partial charge in [0.25, 0.3) is 0 Å². The molecule has 0 radical (unpaired) electrons. The molecule has 104 valence electrons. The van der Waals surface area contributed by atoms with Gasteiger partial charge in [-0.1, -0.05) is 13.8 Å². The SMILES string of the molecule is CCC(=O)NC1CCN(C(=O)CC(N)CC)CC1. The third-order valence-corrected chi connectivity index (χ3v) is 3.50. The number of nitrogens with one attached hydrogen (secondary N) is 1. The molecule has 1 aliphatic heterocycles. The summed E-state index contributed by atoms with van der Waals surface area (Å²) in [4.78, 5) is 25.0. The van der Waals surface area contributed by atoms with E-state index in [0.717, 1.165) is 32.4 Å². The maximum Gasteiger partial charge on any atom is 0.224 e. The van der Waals surface area contributed by atoms with Gasteiger partial charge in [-0.25, -0.2) is 0 Å². The fourth-order valence-corrected chi connectivity index (χ4v) is 2.10. The summed E-state index contributed by atoms with van der Waals surface area (Å²) in [7, 11) is 0. The molecule has 2 amide bonds. The van der Waals surface area contributed by atoms with Gasteiger partial charge >= 0.3 is 0 Å². The second-order valence-corrected chi connectivity index (χ2v) is 4.95. The second-order valence-electron chi connectivity index (χ2n) is 4.95. The van der Waals surface area contributed by atoms with Crippen molar-refractivity contribution in [2.75, 3.05) is 13.1 Å². The lowest BCUT2D eigenvalue weighted by atomic mass is 10.0. The van der Waals surface area contributed by atoms with E-state index in [4.69, 9.17) is 5.73 Å². The molecule has 0 aromatic heterocycles. The van der Waals surface area contributed by atoms with E-state index < -0.39 is 0 Å². The van der Waals surface area contributed by atoms with E-state index in [0.29, 0.717) is 12.8 Å². The number of likely N-dealkylation sites (tertiary alicyclic amines) is 1. The Morgan fingerprint density at radius 2 is 1.94 bits per heavy atom. The molecule has 0 spiro atoms. The van der Waals surface area contributed by atoms with E-state index in [1.807, 2.05) is 18.7 Å². The highest BCUT2D eigenvalue weighted by atomic mass is 16.2. The Morgan fingerprint density at radius 3 is 2.44 bits per heavy atom. The summed E-state index contributed by atoms with van der Waals surface area (Å²) in [6.07, 6.45) is 3.47. The van der Waals surface area contributed by atoms with Crippen LogP contribution in [0.5, 0.6) is 0 Å². The fourth-order valence-electron chi connectivity index (χ4n) is 2.10. The largest absolute Gasteiger partial charge is 0.353 e. The number of carbonyl (C=O) groups excluding carboxylic acids is 2. The maximum atomic E-state index is 11.9. The average Bonchev–Trinajstić information content (AvgIpc) is 2.39. The zero-order chi connectivity index (χ0) is 13.5. The molecular formula is C13H25N3O2. The second kappa shape index (κ2) is 7.36. The fraction of sp³-hybridized carbons (Fsp3) is 0.846. The number of amides is 2. The normalized spacial score (nSPS) is 18.5. The van der Waals surface area contributed by atoms with E-state index >= 15 is 0 Å². The number of nitrogens with two attached hydrogens (primary N) is 1. The quantitative estimate of drug-likeness (QED) is 0.756. The van der Waals surface area contributed by atoms with E-state index in [1.54, 1.807) is 0 Å². The molecule has 1 rings (SSSR count). The van der Waals surface area contributed by atoms with Crippen LogP contribution >= 0.6 is 0 Å². The van der Waals surface area contributed by atoms with Crippen LogP contribution in [-0.2, 0) is 9.59 Å². The predicted molar refractivity (Wildman–Crippen MR) is 70.9 cm³/mol. The van der Waals surface area contributed by atoms with Crippen molar-refractivity contribution in [2.24, 2.45) is 5.73 Å². The van der Waals surface area contributed by atoms with Crippen molar-refractivity contribution < 1.29 is 9.59 Å². The molecule has 1 atom stereocenters. The number of hydrogen-bond acceptors (Lipinski definition) is 3. The Morgan fingerprint density at radius 1 is 1.33 bits per heavy atom. The molecule has 18 heavy (non-hydrogen) atoms. The van der Waals surface area contributed by atoms with Crippen LogP contribution in [0.15, 0.2) is 0 Å². The van der Waals surface area contributed by atoms with Crippen molar-refractivity contribution in [3.05, 3.63) is 0 Å². The minimum atomic E-state index is -0.0324. The molecule has 0 saturated carbocycles. The van der Waals surface area contributed by atoms with Crippen LogP contribution < -0.4 is 11.1 Å². The lowest BCUT2D eigenvalue weighted by Crippen LogP contribution is -2.47. The first-order valence-corrected chi connectivity index (χ1v) is 6.89. The molecule has 1 unspecified atom stereocenters. The smallest absolute Gasteiger partial charge is 0.224 e. The highest BCUT2D eigenvalue weighted by molar-refractivity contribution is 5.77. The van der Waals surface area contributed by atoms with E-state index in [1.165, 1.54) is 0 Å². The molecular weight excluding hydrogens is 230 g/mol. The highest BCUT2D eigenvalue weighted by Gasteiger charge is 2.24. The van der Waals surface area contributed by atoms with Crippen molar-refractivity contribution in [2.45, 2.75) is 58.0 Å². The number of carbonyl (C=O) groups is 2. The summed E-state index contributed by atoms with van der Waals surface area (Å²) >= 11 is 0. The highest BCUT2D eigenvalue weighted by Crippen LogP contribution is 2.12. The summed E-state index contributed by atoms with van der Waals surface area (Å²) < 4.78 is 0. The Kier molecular flexibility index (Phi) is 6.12. The summed E-state index contributed by atoms with van der Waals surface area (Å²) in [6.45, 7) is 5.29. The molecule has 5 heteroatoms. The minimum absolute atomic E-state index is 0.0324. The molecule has 5 nitrogen and oxygen atoms in total. The number of nitrogens with zero attached hydrogens (tertiary/aromatic N) is 1. The Balaban J connectivity index is 2.30. The van der Waals surface area contributed by atoms with Gasteiger partial charge in [0.05, 0.1) is 0 Å². The van der Waals surface area contributed by atoms with Crippen molar-refractivity contribution in [3.63, 3.8) is 0 Å². The van der Waals surface area contributed by atoms with E-state index in [2.05, 4.69) is 5.32 Å². The van der Waals surface area contributed by atoms with Gasteiger partial charge in [-0.3, -0.25) is 9.59 Å². The van der Waals surface area contributed by atoms with Crippen LogP contribution in [0.3, 0.4) is 0 Å². The summed E-state index contributed by atoms with van der Waals surface area (Å²) in [6, 6.07) is 0.191. The molecule has 1 fully saturated rings. The van der Waals surface area contributed by atoms with E-state index in [9.17, 15) is 9.59 Å². The molecule has 1 heterocycles. The third kappa shape index (κ3) is 4.64. The van der Waals surface area contributed by atoms with Gasteiger partial charge in [0.1, 0.15) is 0 Å². The molecule has 0 aromatic rings. The van der Waals surface area contributed by atoms with Crippen LogP contribution in [0.25, 0.3) is 0 Å². The predicted octanol–water partition coefficient (Wildman–Crippen LogP) is 0.631. The number of rotatable bonds is 5. The van der Waals surface area contributed by atoms with Crippen LogP contribution in [-0.4, -0.2) is 41.9 Å². The molecule has 0 aliphatic carbocycles. The van der Waals surface area contributed by atoms with Crippen molar-refractivity contribution in [1.29, 1.82) is 0 Å². The van der Waals surface area contributed by atoms with E-state index in [-0.39, 0.29) is 23.9 Å². The topological polar surface area (TPSA) is 75.4 Å². The van der Waals surface area contributed by atoms with Crippen molar-refractivity contribution in [1.82, 2.24) is 10.2 Å². The lowest BCUT2D eigenvalue weighted by molar-refractivity contribution is -0.132. The van der Waals surface area contributed by atoms with Crippen LogP contribution in [0.2, 0.25) is 0 Å². The third-order valence-electron chi connectivity index (χ3n) is 3.50. The average molecular weight is 255 g/mol. The molecule has 1 aliphatic rings. The van der Waals surface area contributed by atoms with Gasteiger partial charge in [0.2, 0.25) is 11.8 Å².